The van der Waals surface area contributed by atoms with Gasteiger partial charge in [-0.1, -0.05) is 32.0 Å². The second-order valence-corrected chi connectivity index (χ2v) is 10.4. The molecule has 0 unspecified atom stereocenters. The molecule has 0 radical (unpaired) electrons. The van der Waals surface area contributed by atoms with Gasteiger partial charge in [-0.25, -0.2) is 0 Å². The Bertz CT molecular complexity index is 985. The zero-order chi connectivity index (χ0) is 22.1. The van der Waals surface area contributed by atoms with Crippen LogP contribution in [0.4, 0.5) is 0 Å². The summed E-state index contributed by atoms with van der Waals surface area (Å²) in [6, 6.07) is 5.87. The van der Waals surface area contributed by atoms with Crippen LogP contribution in [-0.4, -0.2) is 44.2 Å². The monoisotopic (exact) mass is 431 g/mol. The second kappa shape index (κ2) is 8.92. The molecule has 1 amide bonds. The number of hydrogen-bond acceptors (Lipinski definition) is 4. The Morgan fingerprint density at radius 2 is 1.83 bits per heavy atom. The Morgan fingerprint density at radius 1 is 1.17 bits per heavy atom. The Morgan fingerprint density at radius 3 is 2.43 bits per heavy atom. The molecule has 0 aliphatic carbocycles. The molecule has 1 fully saturated rings. The first-order valence-corrected chi connectivity index (χ1v) is 12.2. The van der Waals surface area contributed by atoms with Gasteiger partial charge in [0.1, 0.15) is 10.7 Å². The summed E-state index contributed by atoms with van der Waals surface area (Å²) in [5.74, 6) is 1.17. The van der Waals surface area contributed by atoms with E-state index in [4.69, 9.17) is 0 Å². The van der Waals surface area contributed by atoms with E-state index < -0.39 is 10.0 Å². The van der Waals surface area contributed by atoms with Crippen LogP contribution in [0.5, 0.6) is 0 Å². The lowest BCUT2D eigenvalue weighted by atomic mass is 10.0. The van der Waals surface area contributed by atoms with Gasteiger partial charge in [-0.2, -0.15) is 8.42 Å². The van der Waals surface area contributed by atoms with Crippen LogP contribution in [0, 0.1) is 19.8 Å². The number of carbonyl (C=O) groups excluding carboxylic acids is 1. The predicted octanol–water partition coefficient (Wildman–Crippen LogP) is 3.79. The van der Waals surface area contributed by atoms with Crippen LogP contribution in [0.3, 0.4) is 0 Å². The van der Waals surface area contributed by atoms with E-state index in [9.17, 15) is 13.2 Å². The maximum atomic E-state index is 12.8. The number of carbonyl (C=O) groups is 1. The van der Waals surface area contributed by atoms with E-state index in [0.717, 1.165) is 30.4 Å². The molecule has 1 aromatic rings. The first-order chi connectivity index (χ1) is 14.1. The molecule has 2 aliphatic rings. The SMILES string of the molecule is CC1=C(c2ccc(C)c(C)c2)S(=O)(=O)N=C1N1CCC(NC(=O)CCC(C)C)CC1. The van der Waals surface area contributed by atoms with Gasteiger partial charge in [-0.15, -0.1) is 4.40 Å². The quantitative estimate of drug-likeness (QED) is 0.769. The van der Waals surface area contributed by atoms with Gasteiger partial charge in [0.25, 0.3) is 10.0 Å². The van der Waals surface area contributed by atoms with Crippen molar-refractivity contribution < 1.29 is 13.2 Å². The molecule has 0 atom stereocenters. The highest BCUT2D eigenvalue weighted by atomic mass is 32.2. The first kappa shape index (κ1) is 22.5. The molecule has 0 saturated carbocycles. The standard InChI is InChI=1S/C23H33N3O3S/c1-15(2)6-9-21(27)24-20-10-12-26(13-11-20)23-18(5)22(30(28,29)25-23)19-8-7-16(3)17(4)14-19/h7-8,14-15,20H,6,9-13H2,1-5H3,(H,24,27). The number of piperidine rings is 1. The fraction of sp³-hybridized carbons (Fsp3) is 0.565. The molecule has 0 aromatic heterocycles. The van der Waals surface area contributed by atoms with Gasteiger partial charge in [0.05, 0.1) is 0 Å². The van der Waals surface area contributed by atoms with Gasteiger partial charge >= 0.3 is 0 Å². The Kier molecular flexibility index (Phi) is 6.70. The van der Waals surface area contributed by atoms with Gasteiger partial charge in [0.15, 0.2) is 0 Å². The highest BCUT2D eigenvalue weighted by Crippen LogP contribution is 2.35. The minimum absolute atomic E-state index is 0.107. The lowest BCUT2D eigenvalue weighted by molar-refractivity contribution is -0.122. The van der Waals surface area contributed by atoms with Crippen LogP contribution in [0.2, 0.25) is 0 Å². The maximum Gasteiger partial charge on any atom is 0.285 e. The van der Waals surface area contributed by atoms with Crippen LogP contribution in [0.1, 0.15) is 63.1 Å². The molecule has 2 heterocycles. The van der Waals surface area contributed by atoms with E-state index in [-0.39, 0.29) is 11.9 Å². The minimum Gasteiger partial charge on any atom is -0.356 e. The number of nitrogens with zero attached hydrogens (tertiary/aromatic N) is 2. The average Bonchev–Trinajstić information content (AvgIpc) is 2.92. The summed E-state index contributed by atoms with van der Waals surface area (Å²) >= 11 is 0. The highest BCUT2D eigenvalue weighted by Gasteiger charge is 2.35. The molecular formula is C23H33N3O3S. The lowest BCUT2D eigenvalue weighted by Gasteiger charge is -2.33. The van der Waals surface area contributed by atoms with E-state index >= 15 is 0 Å². The van der Waals surface area contributed by atoms with Gasteiger partial charge < -0.3 is 10.2 Å². The van der Waals surface area contributed by atoms with E-state index in [0.29, 0.717) is 47.3 Å². The van der Waals surface area contributed by atoms with Crippen LogP contribution < -0.4 is 5.32 Å². The van der Waals surface area contributed by atoms with Crippen LogP contribution in [0.25, 0.3) is 4.91 Å². The molecule has 164 valence electrons. The third-order valence-corrected chi connectivity index (χ3v) is 7.49. The summed E-state index contributed by atoms with van der Waals surface area (Å²) < 4.78 is 29.8. The number of hydrogen-bond donors (Lipinski definition) is 1. The second-order valence-electron chi connectivity index (χ2n) is 8.90. The molecular weight excluding hydrogens is 398 g/mol. The van der Waals surface area contributed by atoms with Crippen molar-refractivity contribution in [3.63, 3.8) is 0 Å². The van der Waals surface area contributed by atoms with E-state index in [1.165, 1.54) is 0 Å². The Hall–Kier alpha value is -2.15. The van der Waals surface area contributed by atoms with Gasteiger partial charge in [0, 0.05) is 31.1 Å². The van der Waals surface area contributed by atoms with Gasteiger partial charge in [0.2, 0.25) is 5.91 Å². The molecule has 3 rings (SSSR count). The third kappa shape index (κ3) is 4.94. The van der Waals surface area contributed by atoms with Crippen LogP contribution in [-0.2, 0) is 14.8 Å². The molecule has 2 aliphatic heterocycles. The number of likely N-dealkylation sites (tertiary alicyclic amines) is 1. The van der Waals surface area contributed by atoms with Crippen molar-refractivity contribution in [1.82, 2.24) is 10.2 Å². The number of aryl methyl sites for hydroxylation is 2. The fourth-order valence-corrected chi connectivity index (χ4v) is 5.50. The number of sulfonamides is 1. The van der Waals surface area contributed by atoms with Crippen molar-refractivity contribution in [2.45, 2.75) is 66.3 Å². The van der Waals surface area contributed by atoms with E-state index in [2.05, 4.69) is 23.6 Å². The Labute approximate surface area is 180 Å². The predicted molar refractivity (Wildman–Crippen MR) is 122 cm³/mol. The number of amidine groups is 1. The molecule has 0 spiro atoms. The van der Waals surface area contributed by atoms with Gasteiger partial charge in [-0.05, 0) is 62.6 Å². The van der Waals surface area contributed by atoms with Crippen molar-refractivity contribution in [2.75, 3.05) is 13.1 Å². The Balaban J connectivity index is 1.69. The summed E-state index contributed by atoms with van der Waals surface area (Å²) in [7, 11) is -3.71. The van der Waals surface area contributed by atoms with Crippen molar-refractivity contribution in [1.29, 1.82) is 0 Å². The van der Waals surface area contributed by atoms with Crippen LogP contribution >= 0.6 is 0 Å². The van der Waals surface area contributed by atoms with Crippen molar-refractivity contribution in [3.05, 3.63) is 40.5 Å². The molecule has 30 heavy (non-hydrogen) atoms. The lowest BCUT2D eigenvalue weighted by Crippen LogP contribution is -2.46. The summed E-state index contributed by atoms with van der Waals surface area (Å²) in [5.41, 5.74) is 3.59. The van der Waals surface area contributed by atoms with Crippen molar-refractivity contribution in [2.24, 2.45) is 10.3 Å². The molecule has 1 aromatic carbocycles. The number of benzene rings is 1. The minimum atomic E-state index is -3.71. The average molecular weight is 432 g/mol. The largest absolute Gasteiger partial charge is 0.356 e. The number of amides is 1. The first-order valence-electron chi connectivity index (χ1n) is 10.8. The fourth-order valence-electron chi connectivity index (χ4n) is 4.02. The third-order valence-electron chi connectivity index (χ3n) is 6.02. The zero-order valence-electron chi connectivity index (χ0n) is 18.7. The summed E-state index contributed by atoms with van der Waals surface area (Å²) in [6.45, 7) is 11.4. The summed E-state index contributed by atoms with van der Waals surface area (Å²) in [5, 5.41) is 3.12. The van der Waals surface area contributed by atoms with E-state index in [1.807, 2.05) is 43.9 Å². The molecule has 7 heteroatoms. The zero-order valence-corrected chi connectivity index (χ0v) is 19.5. The molecule has 1 N–H and O–H groups in total. The number of rotatable bonds is 5. The number of nitrogens with one attached hydrogen (secondary N) is 1. The topological polar surface area (TPSA) is 78.8 Å². The molecule has 6 nitrogen and oxygen atoms in total. The smallest absolute Gasteiger partial charge is 0.285 e. The van der Waals surface area contributed by atoms with E-state index in [1.54, 1.807) is 0 Å². The molecule has 0 bridgehead atoms. The van der Waals surface area contributed by atoms with Crippen molar-refractivity contribution >= 4 is 26.7 Å². The summed E-state index contributed by atoms with van der Waals surface area (Å²) in [6.07, 6.45) is 3.03. The normalized spacial score (nSPS) is 19.4. The van der Waals surface area contributed by atoms with Gasteiger partial charge in [-0.3, -0.25) is 4.79 Å². The van der Waals surface area contributed by atoms with Crippen LogP contribution in [0.15, 0.2) is 28.2 Å². The van der Waals surface area contributed by atoms with Crippen molar-refractivity contribution in [3.8, 4) is 0 Å². The molecule has 1 saturated heterocycles. The summed E-state index contributed by atoms with van der Waals surface area (Å²) in [4.78, 5) is 14.5. The maximum absolute atomic E-state index is 12.8. The highest BCUT2D eigenvalue weighted by molar-refractivity contribution is 8.00.